The van der Waals surface area contributed by atoms with Gasteiger partial charge in [-0.05, 0) is 63.7 Å². The number of hydrogen-bond acceptors (Lipinski definition) is 6. The fourth-order valence-electron chi connectivity index (χ4n) is 3.79. The van der Waals surface area contributed by atoms with E-state index < -0.39 is 0 Å². The van der Waals surface area contributed by atoms with Gasteiger partial charge in [0.1, 0.15) is 5.82 Å². The summed E-state index contributed by atoms with van der Waals surface area (Å²) in [7, 11) is 2.16. The van der Waals surface area contributed by atoms with Gasteiger partial charge in [-0.25, -0.2) is 19.4 Å². The highest BCUT2D eigenvalue weighted by atomic mass is 16.2. The first-order chi connectivity index (χ1) is 15.5. The second-order valence-electron chi connectivity index (χ2n) is 8.22. The number of carbonyl (C=O) groups is 1. The van der Waals surface area contributed by atoms with Crippen molar-refractivity contribution in [2.75, 3.05) is 43.4 Å². The lowest BCUT2D eigenvalue weighted by Gasteiger charge is -2.21. The van der Waals surface area contributed by atoms with Crippen molar-refractivity contribution in [3.05, 3.63) is 59.7 Å². The lowest BCUT2D eigenvalue weighted by molar-refractivity contribution is 0.251. The van der Waals surface area contributed by atoms with Crippen molar-refractivity contribution in [1.29, 1.82) is 0 Å². The van der Waals surface area contributed by atoms with Crippen LogP contribution >= 0.6 is 0 Å². The molecule has 1 saturated heterocycles. The Balaban J connectivity index is 1.28. The topological polar surface area (TPSA) is 91.2 Å². The van der Waals surface area contributed by atoms with Gasteiger partial charge in [0.2, 0.25) is 0 Å². The third-order valence-electron chi connectivity index (χ3n) is 5.54. The maximum atomic E-state index is 12.3. The molecule has 2 amide bonds. The van der Waals surface area contributed by atoms with Crippen LogP contribution in [0.2, 0.25) is 0 Å². The zero-order valence-electron chi connectivity index (χ0n) is 18.9. The summed E-state index contributed by atoms with van der Waals surface area (Å²) < 4.78 is 1.78. The molecule has 0 bridgehead atoms. The maximum Gasteiger partial charge on any atom is 0.319 e. The predicted octanol–water partition coefficient (Wildman–Crippen LogP) is 2.74. The van der Waals surface area contributed by atoms with Crippen LogP contribution < -0.4 is 15.5 Å². The van der Waals surface area contributed by atoms with Crippen molar-refractivity contribution in [2.24, 2.45) is 0 Å². The molecule has 0 radical (unpaired) electrons. The van der Waals surface area contributed by atoms with Crippen molar-refractivity contribution in [3.8, 4) is 5.82 Å². The number of aromatic nitrogens is 4. The molecule has 1 aliphatic rings. The molecule has 0 unspecified atom stereocenters. The van der Waals surface area contributed by atoms with E-state index in [0.717, 1.165) is 55.4 Å². The van der Waals surface area contributed by atoms with Crippen LogP contribution in [0.5, 0.6) is 0 Å². The minimum atomic E-state index is -0.287. The molecule has 0 aromatic carbocycles. The number of amides is 2. The normalized spacial score (nSPS) is 14.8. The number of pyridine rings is 2. The molecule has 2 N–H and O–H groups in total. The molecule has 0 atom stereocenters. The molecule has 1 aliphatic heterocycles. The number of urea groups is 1. The molecule has 0 aliphatic carbocycles. The standard InChI is InChI=1S/C23H30N8O/c1-17-13-18(2)31(28-17)22-8-6-20(16-25-22)27-23(32)26-15-19-5-7-21(24-14-19)30-10-4-9-29(3)11-12-30/h5-8,13-14,16H,4,9-12,15H2,1-3H3,(H2,26,27,32). The lowest BCUT2D eigenvalue weighted by Crippen LogP contribution is -2.30. The first-order valence-corrected chi connectivity index (χ1v) is 10.9. The van der Waals surface area contributed by atoms with Gasteiger partial charge in [0.15, 0.2) is 5.82 Å². The zero-order chi connectivity index (χ0) is 22.5. The molecule has 9 nitrogen and oxygen atoms in total. The smallest absolute Gasteiger partial charge is 0.319 e. The number of likely N-dealkylation sites (N-methyl/N-ethyl adjacent to an activating group) is 1. The quantitative estimate of drug-likeness (QED) is 0.642. The molecule has 9 heteroatoms. The molecule has 3 aromatic rings. The Morgan fingerprint density at radius 2 is 1.81 bits per heavy atom. The average Bonchev–Trinajstić information content (AvgIpc) is 2.98. The molecule has 0 saturated carbocycles. The Kier molecular flexibility index (Phi) is 6.65. The fourth-order valence-corrected chi connectivity index (χ4v) is 3.79. The van der Waals surface area contributed by atoms with Crippen molar-refractivity contribution in [1.82, 2.24) is 30.0 Å². The minimum Gasteiger partial charge on any atom is -0.355 e. The molecular weight excluding hydrogens is 404 g/mol. The van der Waals surface area contributed by atoms with Crippen molar-refractivity contribution in [2.45, 2.75) is 26.8 Å². The third-order valence-corrected chi connectivity index (χ3v) is 5.54. The Labute approximate surface area is 188 Å². The highest BCUT2D eigenvalue weighted by Gasteiger charge is 2.13. The number of nitrogens with one attached hydrogen (secondary N) is 2. The summed E-state index contributed by atoms with van der Waals surface area (Å²) in [4.78, 5) is 25.9. The molecule has 3 aromatic heterocycles. The van der Waals surface area contributed by atoms with E-state index in [2.05, 4.69) is 42.5 Å². The Morgan fingerprint density at radius 1 is 1.00 bits per heavy atom. The van der Waals surface area contributed by atoms with Crippen molar-refractivity contribution in [3.63, 3.8) is 0 Å². The summed E-state index contributed by atoms with van der Waals surface area (Å²) in [5.74, 6) is 1.70. The van der Waals surface area contributed by atoms with E-state index in [0.29, 0.717) is 18.1 Å². The predicted molar refractivity (Wildman–Crippen MR) is 125 cm³/mol. The molecule has 4 heterocycles. The highest BCUT2D eigenvalue weighted by molar-refractivity contribution is 5.89. The monoisotopic (exact) mass is 434 g/mol. The fraction of sp³-hybridized carbons (Fsp3) is 0.391. The van der Waals surface area contributed by atoms with E-state index in [1.54, 1.807) is 10.9 Å². The van der Waals surface area contributed by atoms with Crippen molar-refractivity contribution < 1.29 is 4.79 Å². The van der Waals surface area contributed by atoms with Gasteiger partial charge in [-0.15, -0.1) is 0 Å². The van der Waals surface area contributed by atoms with Crippen LogP contribution in [-0.4, -0.2) is 63.9 Å². The minimum absolute atomic E-state index is 0.287. The second kappa shape index (κ2) is 9.78. The van der Waals surface area contributed by atoms with E-state index >= 15 is 0 Å². The van der Waals surface area contributed by atoms with Crippen LogP contribution in [0, 0.1) is 13.8 Å². The van der Waals surface area contributed by atoms with E-state index in [4.69, 9.17) is 0 Å². The number of carbonyl (C=O) groups excluding carboxylic acids is 1. The molecule has 1 fully saturated rings. The molecule has 0 spiro atoms. The van der Waals surface area contributed by atoms with Crippen LogP contribution in [0.25, 0.3) is 5.82 Å². The number of rotatable bonds is 5. The first kappa shape index (κ1) is 21.8. The number of aryl methyl sites for hydroxylation is 2. The number of hydrogen-bond donors (Lipinski definition) is 2. The lowest BCUT2D eigenvalue weighted by atomic mass is 10.2. The highest BCUT2D eigenvalue weighted by Crippen LogP contribution is 2.15. The summed E-state index contributed by atoms with van der Waals surface area (Å²) >= 11 is 0. The first-order valence-electron chi connectivity index (χ1n) is 10.9. The molecular formula is C23H30N8O. The Bertz CT molecular complexity index is 1040. The summed E-state index contributed by atoms with van der Waals surface area (Å²) in [6, 6.07) is 9.40. The SMILES string of the molecule is Cc1cc(C)n(-c2ccc(NC(=O)NCc3ccc(N4CCCN(C)CC4)nc3)cn2)n1. The van der Waals surface area contributed by atoms with Gasteiger partial charge in [-0.3, -0.25) is 0 Å². The summed E-state index contributed by atoms with van der Waals surface area (Å²) in [5, 5.41) is 10.1. The van der Waals surface area contributed by atoms with Crippen LogP contribution in [-0.2, 0) is 6.54 Å². The summed E-state index contributed by atoms with van der Waals surface area (Å²) in [6.07, 6.45) is 4.59. The van der Waals surface area contributed by atoms with Gasteiger partial charge in [-0.1, -0.05) is 6.07 Å². The van der Waals surface area contributed by atoms with E-state index in [-0.39, 0.29) is 6.03 Å². The Hall–Kier alpha value is -3.46. The molecule has 4 rings (SSSR count). The summed E-state index contributed by atoms with van der Waals surface area (Å²) in [6.45, 7) is 8.49. The van der Waals surface area contributed by atoms with Gasteiger partial charge in [0, 0.05) is 38.1 Å². The van der Waals surface area contributed by atoms with Crippen LogP contribution in [0.4, 0.5) is 16.3 Å². The Morgan fingerprint density at radius 3 is 2.50 bits per heavy atom. The molecule has 168 valence electrons. The number of nitrogens with zero attached hydrogens (tertiary/aromatic N) is 6. The van der Waals surface area contributed by atoms with Gasteiger partial charge in [0.25, 0.3) is 0 Å². The van der Waals surface area contributed by atoms with E-state index in [9.17, 15) is 4.79 Å². The molecule has 32 heavy (non-hydrogen) atoms. The van der Waals surface area contributed by atoms with Gasteiger partial charge in [0.05, 0.1) is 17.6 Å². The zero-order valence-corrected chi connectivity index (χ0v) is 18.9. The van der Waals surface area contributed by atoms with Crippen LogP contribution in [0.1, 0.15) is 23.4 Å². The van der Waals surface area contributed by atoms with Gasteiger partial charge >= 0.3 is 6.03 Å². The largest absolute Gasteiger partial charge is 0.355 e. The average molecular weight is 435 g/mol. The second-order valence-corrected chi connectivity index (χ2v) is 8.22. The summed E-state index contributed by atoms with van der Waals surface area (Å²) in [5.41, 5.74) is 3.52. The van der Waals surface area contributed by atoms with E-state index in [1.165, 1.54) is 0 Å². The van der Waals surface area contributed by atoms with E-state index in [1.807, 2.05) is 50.4 Å². The van der Waals surface area contributed by atoms with Gasteiger partial charge < -0.3 is 20.4 Å². The van der Waals surface area contributed by atoms with Gasteiger partial charge in [-0.2, -0.15) is 5.10 Å². The van der Waals surface area contributed by atoms with Crippen LogP contribution in [0.3, 0.4) is 0 Å². The number of anilines is 2. The van der Waals surface area contributed by atoms with Crippen LogP contribution in [0.15, 0.2) is 42.7 Å². The third kappa shape index (κ3) is 5.42. The van der Waals surface area contributed by atoms with Crippen molar-refractivity contribution >= 4 is 17.5 Å². The maximum absolute atomic E-state index is 12.3.